The van der Waals surface area contributed by atoms with Gasteiger partial charge in [0.1, 0.15) is 11.4 Å². The highest BCUT2D eigenvalue weighted by atomic mass is 79.9. The van der Waals surface area contributed by atoms with Crippen molar-refractivity contribution in [2.24, 2.45) is 5.10 Å². The lowest BCUT2D eigenvalue weighted by molar-refractivity contribution is 0.0929. The summed E-state index contributed by atoms with van der Waals surface area (Å²) in [6.45, 7) is 0.391. The minimum atomic E-state index is -0.441. The second-order valence-corrected chi connectivity index (χ2v) is 8.23. The molecule has 32 heavy (non-hydrogen) atoms. The zero-order valence-corrected chi connectivity index (χ0v) is 18.3. The number of nitrogens with one attached hydrogen (secondary N) is 1. The molecule has 3 aromatic carbocycles. The Morgan fingerprint density at radius 3 is 2.78 bits per heavy atom. The Labute approximate surface area is 191 Å². The lowest BCUT2D eigenvalue weighted by Gasteiger charge is -2.06. The summed E-state index contributed by atoms with van der Waals surface area (Å²) in [6.07, 6.45) is 3.48. The van der Waals surface area contributed by atoms with Gasteiger partial charge in [0, 0.05) is 38.1 Å². The molecule has 0 atom stereocenters. The molecule has 158 valence electrons. The summed E-state index contributed by atoms with van der Waals surface area (Å²) >= 11 is 3.40. The van der Waals surface area contributed by atoms with Crippen LogP contribution in [0.4, 0.5) is 4.39 Å². The Hall–Kier alpha value is -3.71. The van der Waals surface area contributed by atoms with Gasteiger partial charge in [0.25, 0.3) is 0 Å². The van der Waals surface area contributed by atoms with E-state index in [2.05, 4.69) is 26.5 Å². The van der Waals surface area contributed by atoms with Crippen molar-refractivity contribution < 1.29 is 13.6 Å². The minimum absolute atomic E-state index is 0.178. The number of hydrogen-bond donors (Lipinski definition) is 1. The van der Waals surface area contributed by atoms with Gasteiger partial charge in [-0.3, -0.25) is 4.79 Å². The van der Waals surface area contributed by atoms with Gasteiger partial charge in [-0.15, -0.1) is 0 Å². The van der Waals surface area contributed by atoms with Gasteiger partial charge in [0.05, 0.1) is 12.8 Å². The molecule has 0 unspecified atom stereocenters. The molecule has 7 heteroatoms. The highest BCUT2D eigenvalue weighted by molar-refractivity contribution is 9.10. The summed E-state index contributed by atoms with van der Waals surface area (Å²) in [5.41, 5.74) is 5.50. The molecule has 0 bridgehead atoms. The molecule has 5 rings (SSSR count). The largest absolute Gasteiger partial charge is 0.451 e. The maximum Gasteiger partial charge on any atom is 0.307 e. The molecule has 0 saturated carbocycles. The molecule has 5 nitrogen and oxygen atoms in total. The molecular weight excluding hydrogens is 473 g/mol. The number of benzene rings is 3. The summed E-state index contributed by atoms with van der Waals surface area (Å²) in [7, 11) is 0. The standard InChI is InChI=1S/C25H17BrFN3O2/c26-19-9-10-23-17(11-19)12-24(32-23)25(31)29-28-13-18-15-30(22-8-4-2-6-20(18)22)14-16-5-1-3-7-21(16)27/h1-13,15H,14H2,(H,29,31)/b28-13+. The molecular formula is C25H17BrFN3O2. The highest BCUT2D eigenvalue weighted by Crippen LogP contribution is 2.24. The second kappa shape index (κ2) is 8.43. The van der Waals surface area contributed by atoms with Crippen molar-refractivity contribution in [3.8, 4) is 0 Å². The molecule has 5 aromatic rings. The number of carbonyl (C=O) groups excluding carboxylic acids is 1. The van der Waals surface area contributed by atoms with E-state index in [-0.39, 0.29) is 11.6 Å². The number of para-hydroxylation sites is 1. The molecule has 2 heterocycles. The summed E-state index contributed by atoms with van der Waals surface area (Å²) < 4.78 is 22.6. The molecule has 2 aromatic heterocycles. The lowest BCUT2D eigenvalue weighted by Crippen LogP contribution is -2.16. The van der Waals surface area contributed by atoms with Crippen LogP contribution >= 0.6 is 15.9 Å². The topological polar surface area (TPSA) is 59.5 Å². The Morgan fingerprint density at radius 1 is 1.09 bits per heavy atom. The normalized spacial score (nSPS) is 11.6. The van der Waals surface area contributed by atoms with Crippen molar-refractivity contribution in [1.29, 1.82) is 0 Å². The van der Waals surface area contributed by atoms with E-state index in [1.807, 2.05) is 53.2 Å². The number of rotatable bonds is 5. The molecule has 0 aliphatic heterocycles. The lowest BCUT2D eigenvalue weighted by atomic mass is 10.2. The zero-order chi connectivity index (χ0) is 22.1. The van der Waals surface area contributed by atoms with E-state index in [4.69, 9.17) is 4.42 Å². The summed E-state index contributed by atoms with van der Waals surface area (Å²) in [5, 5.41) is 5.89. The van der Waals surface area contributed by atoms with Crippen LogP contribution in [0, 0.1) is 5.82 Å². The highest BCUT2D eigenvalue weighted by Gasteiger charge is 2.12. The quantitative estimate of drug-likeness (QED) is 0.239. The molecule has 0 aliphatic rings. The van der Waals surface area contributed by atoms with Crippen LogP contribution < -0.4 is 5.43 Å². The van der Waals surface area contributed by atoms with E-state index >= 15 is 0 Å². The first-order chi connectivity index (χ1) is 15.6. The third kappa shape index (κ3) is 3.94. The number of nitrogens with zero attached hydrogens (tertiary/aromatic N) is 2. The van der Waals surface area contributed by atoms with Crippen LogP contribution in [0.1, 0.15) is 21.7 Å². The van der Waals surface area contributed by atoms with Gasteiger partial charge in [0.2, 0.25) is 0 Å². The predicted octanol–water partition coefficient (Wildman–Crippen LogP) is 6.10. The number of furan rings is 1. The van der Waals surface area contributed by atoms with Crippen molar-refractivity contribution in [2.75, 3.05) is 0 Å². The number of aromatic nitrogens is 1. The van der Waals surface area contributed by atoms with Gasteiger partial charge in [-0.05, 0) is 36.4 Å². The van der Waals surface area contributed by atoms with Crippen LogP contribution in [0.2, 0.25) is 0 Å². The van der Waals surface area contributed by atoms with E-state index in [1.165, 1.54) is 6.07 Å². The first-order valence-corrected chi connectivity index (χ1v) is 10.7. The number of amides is 1. The Balaban J connectivity index is 1.38. The first kappa shape index (κ1) is 20.2. The number of hydrazone groups is 1. The van der Waals surface area contributed by atoms with Crippen LogP contribution in [0.15, 0.2) is 93.0 Å². The van der Waals surface area contributed by atoms with Crippen LogP contribution in [-0.2, 0) is 6.54 Å². The van der Waals surface area contributed by atoms with Crippen molar-refractivity contribution in [1.82, 2.24) is 9.99 Å². The summed E-state index contributed by atoms with van der Waals surface area (Å²) in [6, 6.07) is 21.7. The van der Waals surface area contributed by atoms with E-state index in [0.717, 1.165) is 26.3 Å². The average Bonchev–Trinajstić information content (AvgIpc) is 3.37. The van der Waals surface area contributed by atoms with Gasteiger partial charge in [-0.2, -0.15) is 5.10 Å². The first-order valence-electron chi connectivity index (χ1n) is 9.92. The molecule has 1 N–H and O–H groups in total. The molecule has 0 saturated heterocycles. The van der Waals surface area contributed by atoms with Crippen molar-refractivity contribution in [2.45, 2.75) is 6.54 Å². The van der Waals surface area contributed by atoms with Crippen LogP contribution in [-0.4, -0.2) is 16.7 Å². The second-order valence-electron chi connectivity index (χ2n) is 7.31. The van der Waals surface area contributed by atoms with E-state index in [0.29, 0.717) is 17.7 Å². The minimum Gasteiger partial charge on any atom is -0.451 e. The van der Waals surface area contributed by atoms with Crippen LogP contribution in [0.5, 0.6) is 0 Å². The zero-order valence-electron chi connectivity index (χ0n) is 16.8. The molecule has 1 amide bonds. The SMILES string of the molecule is O=C(N/N=C/c1cn(Cc2ccccc2F)c2ccccc12)c1cc2cc(Br)ccc2o1. The van der Waals surface area contributed by atoms with Crippen LogP contribution in [0.3, 0.4) is 0 Å². The summed E-state index contributed by atoms with van der Waals surface area (Å²) in [4.78, 5) is 12.5. The van der Waals surface area contributed by atoms with Crippen molar-refractivity contribution in [3.05, 3.63) is 106 Å². The van der Waals surface area contributed by atoms with Gasteiger partial charge in [0.15, 0.2) is 5.76 Å². The Kier molecular flexibility index (Phi) is 5.33. The smallest absolute Gasteiger partial charge is 0.307 e. The van der Waals surface area contributed by atoms with Gasteiger partial charge < -0.3 is 8.98 Å². The monoisotopic (exact) mass is 489 g/mol. The maximum absolute atomic E-state index is 14.1. The third-order valence-electron chi connectivity index (χ3n) is 5.19. The molecule has 0 spiro atoms. The van der Waals surface area contributed by atoms with Gasteiger partial charge in [-0.25, -0.2) is 9.82 Å². The number of fused-ring (bicyclic) bond motifs is 2. The van der Waals surface area contributed by atoms with Crippen LogP contribution in [0.25, 0.3) is 21.9 Å². The average molecular weight is 490 g/mol. The van der Waals surface area contributed by atoms with E-state index in [1.54, 1.807) is 30.5 Å². The molecule has 0 radical (unpaired) electrons. The van der Waals surface area contributed by atoms with Gasteiger partial charge in [-0.1, -0.05) is 52.3 Å². The Bertz CT molecular complexity index is 1490. The fraction of sp³-hybridized carbons (Fsp3) is 0.0400. The molecule has 0 fully saturated rings. The fourth-order valence-corrected chi connectivity index (χ4v) is 4.04. The molecule has 0 aliphatic carbocycles. The number of hydrogen-bond acceptors (Lipinski definition) is 3. The Morgan fingerprint density at radius 2 is 1.91 bits per heavy atom. The van der Waals surface area contributed by atoms with E-state index in [9.17, 15) is 9.18 Å². The van der Waals surface area contributed by atoms with Crippen molar-refractivity contribution in [3.63, 3.8) is 0 Å². The van der Waals surface area contributed by atoms with Crippen molar-refractivity contribution >= 4 is 49.9 Å². The maximum atomic E-state index is 14.1. The predicted molar refractivity (Wildman–Crippen MR) is 126 cm³/mol. The fourth-order valence-electron chi connectivity index (χ4n) is 3.66. The summed E-state index contributed by atoms with van der Waals surface area (Å²) in [5.74, 6) is -0.508. The van der Waals surface area contributed by atoms with Gasteiger partial charge >= 0.3 is 5.91 Å². The van der Waals surface area contributed by atoms with E-state index < -0.39 is 5.91 Å². The third-order valence-corrected chi connectivity index (χ3v) is 5.68. The number of carbonyl (C=O) groups is 1. The number of halogens is 2.